The van der Waals surface area contributed by atoms with E-state index in [1.54, 1.807) is 30.3 Å². The van der Waals surface area contributed by atoms with Crippen molar-refractivity contribution in [3.63, 3.8) is 0 Å². The number of carbonyl (C=O) groups is 2. The third-order valence-corrected chi connectivity index (χ3v) is 8.01. The van der Waals surface area contributed by atoms with Crippen molar-refractivity contribution in [2.45, 2.75) is 110 Å². The molecule has 0 heterocycles. The summed E-state index contributed by atoms with van der Waals surface area (Å²) in [7, 11) is 0. The van der Waals surface area contributed by atoms with Crippen LogP contribution >= 0.6 is 0 Å². The smallest absolute Gasteiger partial charge is 0.425 e. The molecule has 0 bridgehead atoms. The molecule has 0 saturated heterocycles. The Labute approximate surface area is 275 Å². The molecule has 9 heteroatoms. The van der Waals surface area contributed by atoms with Crippen LogP contribution in [0.2, 0.25) is 0 Å². The van der Waals surface area contributed by atoms with Gasteiger partial charge in [0.15, 0.2) is 6.10 Å². The lowest BCUT2D eigenvalue weighted by atomic mass is 9.91. The second kappa shape index (κ2) is 19.8. The quantitative estimate of drug-likeness (QED) is 0.0397. The van der Waals surface area contributed by atoms with Crippen LogP contribution in [0.4, 0.5) is 17.6 Å². The van der Waals surface area contributed by atoms with E-state index in [1.807, 2.05) is 13.0 Å². The summed E-state index contributed by atoms with van der Waals surface area (Å²) < 4.78 is 61.7. The molecule has 47 heavy (non-hydrogen) atoms. The summed E-state index contributed by atoms with van der Waals surface area (Å²) in [6.45, 7) is 4.33. The molecule has 0 radical (unpaired) electrons. The summed E-state index contributed by atoms with van der Waals surface area (Å²) in [4.78, 5) is 35.6. The molecule has 0 saturated carbocycles. The lowest BCUT2D eigenvalue weighted by Crippen LogP contribution is -2.33. The molecule has 0 aliphatic carbocycles. The van der Waals surface area contributed by atoms with Gasteiger partial charge in [0.25, 0.3) is 0 Å². The van der Waals surface area contributed by atoms with Gasteiger partial charge in [-0.05, 0) is 54.2 Å². The topological polar surface area (TPSA) is 61.8 Å². The first kappa shape index (κ1) is 37.7. The van der Waals surface area contributed by atoms with Crippen molar-refractivity contribution in [3.05, 3.63) is 83.7 Å². The Morgan fingerprint density at radius 3 is 1.89 bits per heavy atom. The third kappa shape index (κ3) is 12.1. The highest BCUT2D eigenvalue weighted by Crippen LogP contribution is 2.36. The predicted octanol–water partition coefficient (Wildman–Crippen LogP) is 11.4. The van der Waals surface area contributed by atoms with Crippen LogP contribution < -0.4 is 0 Å². The minimum Gasteiger partial charge on any atom is -0.449 e. The van der Waals surface area contributed by atoms with E-state index in [2.05, 4.69) is 6.92 Å². The van der Waals surface area contributed by atoms with Crippen molar-refractivity contribution >= 4 is 11.9 Å². The third-order valence-electron chi connectivity index (χ3n) is 8.01. The number of benzene rings is 3. The fourth-order valence-electron chi connectivity index (χ4n) is 5.33. The Hall–Kier alpha value is -3.72. The van der Waals surface area contributed by atoms with Gasteiger partial charge in [-0.15, -0.1) is 0 Å². The Morgan fingerprint density at radius 2 is 1.28 bits per heavy atom. The summed E-state index contributed by atoms with van der Waals surface area (Å²) in [6.07, 6.45) is 4.09. The zero-order valence-electron chi connectivity index (χ0n) is 27.4. The van der Waals surface area contributed by atoms with Gasteiger partial charge >= 0.3 is 18.1 Å². The highest BCUT2D eigenvalue weighted by Gasteiger charge is 2.42. The zero-order chi connectivity index (χ0) is 34.1. The number of unbranched alkanes of at least 4 members (excludes halogenated alkanes) is 10. The van der Waals surface area contributed by atoms with Gasteiger partial charge in [0, 0.05) is 5.56 Å². The second-order valence-corrected chi connectivity index (χ2v) is 11.7. The van der Waals surface area contributed by atoms with E-state index in [4.69, 9.17) is 14.5 Å². The van der Waals surface area contributed by atoms with E-state index < -0.39 is 30.0 Å². The van der Waals surface area contributed by atoms with Gasteiger partial charge in [0.2, 0.25) is 0 Å². The fourth-order valence-corrected chi connectivity index (χ4v) is 5.33. The van der Waals surface area contributed by atoms with Gasteiger partial charge in [-0.2, -0.15) is 18.1 Å². The highest BCUT2D eigenvalue weighted by molar-refractivity contribution is 5.95. The largest absolute Gasteiger partial charge is 0.449 e. The number of halogens is 4. The number of carbonyl (C=O) groups excluding carboxylic acids is 2. The van der Waals surface area contributed by atoms with Gasteiger partial charge in [0.05, 0.1) is 17.7 Å². The monoisotopic (exact) mass is 658 g/mol. The number of ether oxygens (including phenoxy) is 1. The summed E-state index contributed by atoms with van der Waals surface area (Å²) in [6, 6.07) is 17.3. The number of esters is 1. The van der Waals surface area contributed by atoms with E-state index in [9.17, 15) is 22.8 Å². The van der Waals surface area contributed by atoms with E-state index in [0.29, 0.717) is 29.5 Å². The molecule has 1 unspecified atom stereocenters. The molecule has 3 aromatic carbocycles. The van der Waals surface area contributed by atoms with Crippen LogP contribution in [0.1, 0.15) is 118 Å². The molecular weight excluding hydrogens is 612 g/mol. The van der Waals surface area contributed by atoms with Crippen molar-refractivity contribution in [3.8, 4) is 22.3 Å². The summed E-state index contributed by atoms with van der Waals surface area (Å²) in [5, 5.41) is 0. The van der Waals surface area contributed by atoms with Crippen LogP contribution in [-0.4, -0.2) is 30.8 Å². The lowest BCUT2D eigenvalue weighted by molar-refractivity contribution is -0.241. The molecule has 0 N–H and O–H groups in total. The van der Waals surface area contributed by atoms with Crippen LogP contribution in [0.15, 0.2) is 66.7 Å². The van der Waals surface area contributed by atoms with E-state index in [0.717, 1.165) is 32.1 Å². The molecule has 0 aliphatic heterocycles. The molecule has 0 aliphatic rings. The van der Waals surface area contributed by atoms with Crippen LogP contribution in [0.25, 0.3) is 22.3 Å². The Morgan fingerprint density at radius 1 is 0.681 bits per heavy atom. The normalized spacial score (nSPS) is 12.1. The average molecular weight is 659 g/mol. The van der Waals surface area contributed by atoms with Crippen molar-refractivity contribution in [1.29, 1.82) is 0 Å². The number of hydrogen-bond donors (Lipinski definition) is 0. The molecule has 3 rings (SSSR count). The molecule has 256 valence electrons. The SMILES string of the molecule is CCCCCCCCCCOOC(=O)c1ccc(-c2ccccc2)c(-c2ccc(C(=O)OC(CCCCCC)C(F)(F)F)cc2)c1F. The molecule has 1 atom stereocenters. The maximum Gasteiger partial charge on any atom is 0.425 e. The van der Waals surface area contributed by atoms with Gasteiger partial charge in [0.1, 0.15) is 5.82 Å². The van der Waals surface area contributed by atoms with Crippen LogP contribution in [0.3, 0.4) is 0 Å². The number of rotatable bonds is 20. The minimum atomic E-state index is -4.69. The predicted molar refractivity (Wildman–Crippen MR) is 175 cm³/mol. The molecule has 0 amide bonds. The average Bonchev–Trinajstić information content (AvgIpc) is 3.06. The zero-order valence-corrected chi connectivity index (χ0v) is 27.4. The highest BCUT2D eigenvalue weighted by atomic mass is 19.4. The van der Waals surface area contributed by atoms with E-state index in [1.165, 1.54) is 56.0 Å². The van der Waals surface area contributed by atoms with Crippen molar-refractivity contribution in [1.82, 2.24) is 0 Å². The first-order chi connectivity index (χ1) is 22.7. The lowest BCUT2D eigenvalue weighted by Gasteiger charge is -2.21. The minimum absolute atomic E-state index is 0.0673. The van der Waals surface area contributed by atoms with Gasteiger partial charge in [-0.1, -0.05) is 127 Å². The van der Waals surface area contributed by atoms with E-state index in [-0.39, 0.29) is 36.1 Å². The van der Waals surface area contributed by atoms with E-state index >= 15 is 4.39 Å². The summed E-state index contributed by atoms with van der Waals surface area (Å²) >= 11 is 0. The van der Waals surface area contributed by atoms with Gasteiger partial charge < -0.3 is 4.74 Å². The summed E-state index contributed by atoms with van der Waals surface area (Å²) in [5.74, 6) is -2.96. The number of hydrogen-bond acceptors (Lipinski definition) is 5. The standard InChI is InChI=1S/C38H46F4O5/c1-3-5-7-9-10-11-12-17-27-45-47-37(44)32-26-25-31(28-18-14-13-15-19-28)34(35(32)39)29-21-23-30(24-22-29)36(43)46-33(38(40,41)42)20-16-8-6-4-2/h13-15,18-19,21-26,33H,3-12,16-17,20,27H2,1-2H3. The molecule has 5 nitrogen and oxygen atoms in total. The molecular formula is C38H46F4O5. The second-order valence-electron chi connectivity index (χ2n) is 11.7. The molecule has 0 aromatic heterocycles. The van der Waals surface area contributed by atoms with Crippen LogP contribution in [0, 0.1) is 5.82 Å². The molecule has 0 fully saturated rings. The Kier molecular flexibility index (Phi) is 15.9. The molecule has 0 spiro atoms. The maximum absolute atomic E-state index is 16.1. The van der Waals surface area contributed by atoms with Crippen molar-refractivity contribution in [2.75, 3.05) is 6.61 Å². The van der Waals surface area contributed by atoms with Crippen molar-refractivity contribution in [2.24, 2.45) is 0 Å². The first-order valence-electron chi connectivity index (χ1n) is 16.8. The first-order valence-corrected chi connectivity index (χ1v) is 16.8. The number of alkyl halides is 3. The fraction of sp³-hybridized carbons (Fsp3) is 0.474. The summed E-state index contributed by atoms with van der Waals surface area (Å²) in [5.41, 5.74) is 1.07. The maximum atomic E-state index is 16.1. The van der Waals surface area contributed by atoms with Crippen molar-refractivity contribution < 1.29 is 41.7 Å². The van der Waals surface area contributed by atoms with Gasteiger partial charge in [-0.25, -0.2) is 14.0 Å². The van der Waals surface area contributed by atoms with Crippen LogP contribution in [-0.2, 0) is 14.5 Å². The van der Waals surface area contributed by atoms with Crippen LogP contribution in [0.5, 0.6) is 0 Å². The Balaban J connectivity index is 1.74. The van der Waals surface area contributed by atoms with Gasteiger partial charge in [-0.3, -0.25) is 4.89 Å². The Bertz CT molecular complexity index is 1370. The molecule has 3 aromatic rings.